The Morgan fingerprint density at radius 3 is 2.32 bits per heavy atom. The molecule has 0 unspecified atom stereocenters. The Morgan fingerprint density at radius 1 is 1.00 bits per heavy atom. The van der Waals surface area contributed by atoms with Crippen molar-refractivity contribution in [2.75, 3.05) is 0 Å². The van der Waals surface area contributed by atoms with E-state index in [2.05, 4.69) is 11.1 Å². The number of carbonyl (C=O) groups excluding carboxylic acids is 1. The van der Waals surface area contributed by atoms with Crippen LogP contribution in [0.2, 0.25) is 0 Å². The molecule has 108 valence electrons. The van der Waals surface area contributed by atoms with Crippen LogP contribution in [0, 0.1) is 0 Å². The third kappa shape index (κ3) is 3.43. The van der Waals surface area contributed by atoms with E-state index >= 15 is 0 Å². The Morgan fingerprint density at radius 2 is 1.64 bits per heavy atom. The van der Waals surface area contributed by atoms with Crippen molar-refractivity contribution in [1.29, 1.82) is 0 Å². The molecule has 0 aromatic heterocycles. The molecule has 0 bridgehead atoms. The molecule has 3 rings (SSSR count). The van der Waals surface area contributed by atoms with E-state index in [1.165, 1.54) is 11.8 Å². The van der Waals surface area contributed by atoms with Crippen LogP contribution in [-0.2, 0) is 4.79 Å². The van der Waals surface area contributed by atoms with Gasteiger partial charge in [0, 0.05) is 5.56 Å². The average Bonchev–Trinajstić information content (AvgIpc) is 2.90. The van der Waals surface area contributed by atoms with Crippen LogP contribution in [0.5, 0.6) is 0 Å². The molecule has 0 fully saturated rings. The number of benzene rings is 2. The van der Waals surface area contributed by atoms with Crippen LogP contribution in [0.3, 0.4) is 0 Å². The Labute approximate surface area is 134 Å². The highest BCUT2D eigenvalue weighted by molar-refractivity contribution is 8.19. The van der Waals surface area contributed by atoms with Gasteiger partial charge >= 0.3 is 0 Å². The van der Waals surface area contributed by atoms with Gasteiger partial charge in [-0.3, -0.25) is 4.79 Å². The number of nitrogens with zero attached hydrogens (tertiary/aromatic N) is 1. The van der Waals surface area contributed by atoms with E-state index in [0.29, 0.717) is 4.91 Å². The third-order valence-corrected chi connectivity index (χ3v) is 4.23. The summed E-state index contributed by atoms with van der Waals surface area (Å²) in [6.45, 7) is 1.99. The van der Waals surface area contributed by atoms with E-state index in [4.69, 9.17) is 0 Å². The molecule has 0 spiro atoms. The molecule has 2 nitrogen and oxygen atoms in total. The first-order chi connectivity index (χ1) is 10.7. The molecule has 2 aromatic rings. The second-order valence-corrected chi connectivity index (χ2v) is 6.03. The maximum Gasteiger partial charge on any atom is 0.284 e. The Balaban J connectivity index is 1.80. The van der Waals surface area contributed by atoms with Gasteiger partial charge in [-0.05, 0) is 24.1 Å². The fourth-order valence-corrected chi connectivity index (χ4v) is 3.14. The van der Waals surface area contributed by atoms with Crippen molar-refractivity contribution in [3.8, 4) is 0 Å². The van der Waals surface area contributed by atoms with Gasteiger partial charge in [0.15, 0.2) is 0 Å². The van der Waals surface area contributed by atoms with Gasteiger partial charge in [-0.15, -0.1) is 0 Å². The minimum absolute atomic E-state index is 0.162. The second kappa shape index (κ2) is 6.58. The lowest BCUT2D eigenvalue weighted by atomic mass is 10.1. The van der Waals surface area contributed by atoms with E-state index < -0.39 is 0 Å². The molecule has 0 aliphatic carbocycles. The quantitative estimate of drug-likeness (QED) is 0.770. The molecular weight excluding hydrogens is 290 g/mol. The lowest BCUT2D eigenvalue weighted by Gasteiger charge is -1.99. The summed E-state index contributed by atoms with van der Waals surface area (Å²) in [7, 11) is 0. The van der Waals surface area contributed by atoms with E-state index in [0.717, 1.165) is 21.7 Å². The average molecular weight is 305 g/mol. The van der Waals surface area contributed by atoms with Crippen molar-refractivity contribution in [3.05, 3.63) is 88.3 Å². The molecular formula is C19H15NOS. The van der Waals surface area contributed by atoms with Crippen molar-refractivity contribution in [2.45, 2.75) is 6.92 Å². The van der Waals surface area contributed by atoms with Crippen LogP contribution in [0.1, 0.15) is 18.1 Å². The summed E-state index contributed by atoms with van der Waals surface area (Å²) in [4.78, 5) is 16.9. The van der Waals surface area contributed by atoms with Gasteiger partial charge in [0.1, 0.15) is 5.04 Å². The molecule has 0 saturated heterocycles. The van der Waals surface area contributed by atoms with E-state index in [9.17, 15) is 4.79 Å². The highest BCUT2D eigenvalue weighted by atomic mass is 32.2. The number of aliphatic imine (C=N–C) groups is 1. The molecule has 3 heteroatoms. The van der Waals surface area contributed by atoms with Crippen molar-refractivity contribution in [2.24, 2.45) is 4.99 Å². The van der Waals surface area contributed by atoms with Gasteiger partial charge in [0.2, 0.25) is 0 Å². The Bertz CT molecular complexity index is 774. The van der Waals surface area contributed by atoms with E-state index in [-0.39, 0.29) is 5.91 Å². The molecule has 0 atom stereocenters. The van der Waals surface area contributed by atoms with Crippen molar-refractivity contribution in [1.82, 2.24) is 0 Å². The zero-order valence-corrected chi connectivity index (χ0v) is 13.0. The summed E-state index contributed by atoms with van der Waals surface area (Å²) in [5.41, 5.74) is 3.14. The van der Waals surface area contributed by atoms with Gasteiger partial charge in [-0.25, -0.2) is 4.99 Å². The first-order valence-corrected chi connectivity index (χ1v) is 7.85. The Kier molecular flexibility index (Phi) is 4.35. The van der Waals surface area contributed by atoms with Crippen LogP contribution in [-0.4, -0.2) is 11.0 Å². The van der Waals surface area contributed by atoms with E-state index in [1.54, 1.807) is 0 Å². The van der Waals surface area contributed by atoms with Crippen LogP contribution in [0.15, 0.2) is 82.2 Å². The number of amides is 1. The number of hydrogen-bond acceptors (Lipinski definition) is 2. The summed E-state index contributed by atoms with van der Waals surface area (Å²) in [6, 6.07) is 19.8. The molecule has 2 aromatic carbocycles. The maximum absolute atomic E-state index is 12.0. The van der Waals surface area contributed by atoms with Gasteiger partial charge in [-0.2, -0.15) is 0 Å². The number of carbonyl (C=O) groups is 1. The fourth-order valence-electron chi connectivity index (χ4n) is 2.17. The van der Waals surface area contributed by atoms with Crippen molar-refractivity contribution >= 4 is 28.8 Å². The lowest BCUT2D eigenvalue weighted by Crippen LogP contribution is -1.89. The molecule has 22 heavy (non-hydrogen) atoms. The summed E-state index contributed by atoms with van der Waals surface area (Å²) < 4.78 is 0. The van der Waals surface area contributed by atoms with Gasteiger partial charge in [-0.1, -0.05) is 78.5 Å². The Hall–Kier alpha value is -2.39. The summed E-state index contributed by atoms with van der Waals surface area (Å²) in [5, 5.41) is 0.768. The van der Waals surface area contributed by atoms with Gasteiger partial charge in [0.05, 0.1) is 4.91 Å². The summed E-state index contributed by atoms with van der Waals surface area (Å²) in [6.07, 6.45) is 3.96. The molecule has 1 amide bonds. The monoisotopic (exact) mass is 305 g/mol. The summed E-state index contributed by atoms with van der Waals surface area (Å²) in [5.74, 6) is -0.162. The highest BCUT2D eigenvalue weighted by Crippen LogP contribution is 2.31. The predicted molar refractivity (Wildman–Crippen MR) is 93.8 cm³/mol. The smallest absolute Gasteiger partial charge is 0.266 e. The van der Waals surface area contributed by atoms with Gasteiger partial charge in [0.25, 0.3) is 5.91 Å². The molecule has 0 saturated carbocycles. The van der Waals surface area contributed by atoms with Crippen molar-refractivity contribution < 1.29 is 4.79 Å². The molecule has 1 heterocycles. The standard InChI is InChI=1S/C19H15NOS/c1-14(12-15-8-4-2-5-9-15)13-17-18(21)20-19(22-17)16-10-6-3-7-11-16/h2-13H,1H3/b14-12+,17-13+. The highest BCUT2D eigenvalue weighted by Gasteiger charge is 2.22. The molecule has 0 N–H and O–H groups in total. The second-order valence-electron chi connectivity index (χ2n) is 5.00. The lowest BCUT2D eigenvalue weighted by molar-refractivity contribution is -0.113. The first kappa shape index (κ1) is 14.5. The number of thioether (sulfide) groups is 1. The topological polar surface area (TPSA) is 29.4 Å². The summed E-state index contributed by atoms with van der Waals surface area (Å²) >= 11 is 1.43. The molecule has 0 radical (unpaired) electrons. The largest absolute Gasteiger partial charge is 0.284 e. The van der Waals surface area contributed by atoms with Crippen molar-refractivity contribution in [3.63, 3.8) is 0 Å². The number of allylic oxidation sites excluding steroid dienone is 2. The van der Waals surface area contributed by atoms with Crippen LogP contribution >= 0.6 is 11.8 Å². The minimum atomic E-state index is -0.162. The zero-order chi connectivity index (χ0) is 15.4. The van der Waals surface area contributed by atoms with Crippen LogP contribution < -0.4 is 0 Å². The van der Waals surface area contributed by atoms with Crippen LogP contribution in [0.4, 0.5) is 0 Å². The molecule has 1 aliphatic heterocycles. The normalized spacial score (nSPS) is 17.0. The van der Waals surface area contributed by atoms with Gasteiger partial charge < -0.3 is 0 Å². The predicted octanol–water partition coefficient (Wildman–Crippen LogP) is 4.69. The number of hydrogen-bond donors (Lipinski definition) is 0. The third-order valence-electron chi connectivity index (χ3n) is 3.19. The fraction of sp³-hybridized carbons (Fsp3) is 0.0526. The molecule has 1 aliphatic rings. The maximum atomic E-state index is 12.0. The SMILES string of the molecule is CC(=C\c1ccccc1)/C=C1/SC(c2ccccc2)=NC1=O. The first-order valence-electron chi connectivity index (χ1n) is 7.04. The van der Waals surface area contributed by atoms with Crippen LogP contribution in [0.25, 0.3) is 6.08 Å². The minimum Gasteiger partial charge on any atom is -0.266 e. The van der Waals surface area contributed by atoms with E-state index in [1.807, 2.05) is 73.7 Å². The zero-order valence-electron chi connectivity index (χ0n) is 12.2. The number of rotatable bonds is 3.